The van der Waals surface area contributed by atoms with E-state index in [0.717, 1.165) is 6.07 Å². The van der Waals surface area contributed by atoms with Gasteiger partial charge in [0.05, 0.1) is 17.7 Å². The Kier molecular flexibility index (Phi) is 2.44. The topological polar surface area (TPSA) is 74.2 Å². The Morgan fingerprint density at radius 1 is 1.19 bits per heavy atom. The van der Waals surface area contributed by atoms with Crippen molar-refractivity contribution in [2.45, 2.75) is 0 Å². The summed E-state index contributed by atoms with van der Waals surface area (Å²) in [5.74, 6) is 0.130. The molecular formula is C12H7NO3. The van der Waals surface area contributed by atoms with E-state index in [1.54, 1.807) is 24.3 Å². The highest BCUT2D eigenvalue weighted by Gasteiger charge is 2.03. The van der Waals surface area contributed by atoms with Crippen LogP contribution in [0.1, 0.15) is 5.56 Å². The minimum atomic E-state index is -0.612. The van der Waals surface area contributed by atoms with Gasteiger partial charge in [-0.05, 0) is 24.3 Å². The Labute approximate surface area is 91.0 Å². The van der Waals surface area contributed by atoms with Crippen molar-refractivity contribution in [1.82, 2.24) is 0 Å². The van der Waals surface area contributed by atoms with Gasteiger partial charge in [0.25, 0.3) is 0 Å². The number of nitrogens with zero attached hydrogens (tertiary/aromatic N) is 1. The first kappa shape index (κ1) is 9.99. The van der Waals surface area contributed by atoms with Crippen molar-refractivity contribution >= 4 is 0 Å². The van der Waals surface area contributed by atoms with Crippen molar-refractivity contribution < 1.29 is 9.52 Å². The second-order valence-corrected chi connectivity index (χ2v) is 3.19. The lowest BCUT2D eigenvalue weighted by Gasteiger charge is -2.00. The molecule has 0 spiro atoms. The molecule has 0 bridgehead atoms. The third-order valence-electron chi connectivity index (χ3n) is 2.05. The van der Waals surface area contributed by atoms with E-state index in [0.29, 0.717) is 11.1 Å². The van der Waals surface area contributed by atoms with Gasteiger partial charge in [-0.1, -0.05) is 0 Å². The summed E-state index contributed by atoms with van der Waals surface area (Å²) in [6.45, 7) is 0. The van der Waals surface area contributed by atoms with Crippen LogP contribution in [0.25, 0.3) is 11.3 Å². The van der Waals surface area contributed by atoms with Gasteiger partial charge in [-0.15, -0.1) is 0 Å². The smallest absolute Gasteiger partial charge is 0.339 e. The van der Waals surface area contributed by atoms with Gasteiger partial charge >= 0.3 is 5.63 Å². The molecule has 1 aromatic carbocycles. The lowest BCUT2D eigenvalue weighted by Crippen LogP contribution is -1.96. The summed E-state index contributed by atoms with van der Waals surface area (Å²) in [5, 5.41) is 17.9. The predicted molar refractivity (Wildman–Crippen MR) is 56.8 cm³/mol. The van der Waals surface area contributed by atoms with Crippen molar-refractivity contribution in [3.63, 3.8) is 0 Å². The van der Waals surface area contributed by atoms with Gasteiger partial charge in [0.2, 0.25) is 0 Å². The SMILES string of the molecule is N#Cc1ccc(-c2cc(O)cc(=O)o2)cc1. The molecule has 2 aromatic rings. The van der Waals surface area contributed by atoms with E-state index in [4.69, 9.17) is 9.68 Å². The minimum absolute atomic E-state index is 0.143. The average molecular weight is 213 g/mol. The molecule has 0 aliphatic heterocycles. The Hall–Kier alpha value is -2.54. The molecule has 0 unspecified atom stereocenters. The lowest BCUT2D eigenvalue weighted by atomic mass is 10.1. The molecule has 1 heterocycles. The maximum atomic E-state index is 11.0. The number of benzene rings is 1. The first-order chi connectivity index (χ1) is 7.69. The first-order valence-electron chi connectivity index (χ1n) is 4.54. The van der Waals surface area contributed by atoms with E-state index in [1.807, 2.05) is 6.07 Å². The third kappa shape index (κ3) is 1.93. The average Bonchev–Trinajstić information content (AvgIpc) is 2.28. The molecule has 0 aliphatic carbocycles. The fraction of sp³-hybridized carbons (Fsp3) is 0. The zero-order valence-corrected chi connectivity index (χ0v) is 8.18. The summed E-state index contributed by atoms with van der Waals surface area (Å²) in [6, 6.07) is 10.8. The van der Waals surface area contributed by atoms with Crippen LogP contribution in [-0.4, -0.2) is 5.11 Å². The summed E-state index contributed by atoms with van der Waals surface area (Å²) >= 11 is 0. The molecule has 0 amide bonds. The zero-order valence-electron chi connectivity index (χ0n) is 8.18. The highest BCUT2D eigenvalue weighted by Crippen LogP contribution is 2.21. The predicted octanol–water partition coefficient (Wildman–Crippen LogP) is 1.88. The molecule has 0 atom stereocenters. The van der Waals surface area contributed by atoms with Gasteiger partial charge in [0.1, 0.15) is 11.5 Å². The third-order valence-corrected chi connectivity index (χ3v) is 2.05. The molecule has 0 fully saturated rings. The van der Waals surface area contributed by atoms with E-state index < -0.39 is 5.63 Å². The summed E-state index contributed by atoms with van der Waals surface area (Å²) in [5.41, 5.74) is 0.539. The van der Waals surface area contributed by atoms with Crippen LogP contribution in [0.15, 0.2) is 45.6 Å². The van der Waals surface area contributed by atoms with Gasteiger partial charge in [-0.3, -0.25) is 0 Å². The molecule has 4 nitrogen and oxygen atoms in total. The summed E-state index contributed by atoms with van der Waals surface area (Å²) in [4.78, 5) is 11.0. The maximum Gasteiger partial charge on any atom is 0.339 e. The van der Waals surface area contributed by atoms with E-state index >= 15 is 0 Å². The van der Waals surface area contributed by atoms with Crippen molar-refractivity contribution in [2.24, 2.45) is 0 Å². The molecule has 0 aliphatic rings. The van der Waals surface area contributed by atoms with E-state index in [2.05, 4.69) is 0 Å². The summed E-state index contributed by atoms with van der Waals surface area (Å²) in [6.07, 6.45) is 0. The standard InChI is InChI=1S/C12H7NO3/c13-7-8-1-3-9(4-2-8)11-5-10(14)6-12(15)16-11/h1-6,14H. The van der Waals surface area contributed by atoms with Crippen molar-refractivity contribution in [3.05, 3.63) is 52.4 Å². The molecule has 4 heteroatoms. The second kappa shape index (κ2) is 3.91. The summed E-state index contributed by atoms with van der Waals surface area (Å²) < 4.78 is 4.92. The quantitative estimate of drug-likeness (QED) is 0.784. The largest absolute Gasteiger partial charge is 0.508 e. The molecule has 16 heavy (non-hydrogen) atoms. The number of aromatic hydroxyl groups is 1. The number of nitriles is 1. The molecule has 78 valence electrons. The Morgan fingerprint density at radius 3 is 2.44 bits per heavy atom. The molecule has 2 rings (SSSR count). The van der Waals surface area contributed by atoms with Crippen LogP contribution in [0.4, 0.5) is 0 Å². The van der Waals surface area contributed by atoms with Gasteiger partial charge in [-0.25, -0.2) is 4.79 Å². The van der Waals surface area contributed by atoms with Crippen LogP contribution >= 0.6 is 0 Å². The fourth-order valence-electron chi connectivity index (χ4n) is 1.32. The van der Waals surface area contributed by atoms with Crippen LogP contribution in [-0.2, 0) is 0 Å². The molecule has 1 N–H and O–H groups in total. The van der Waals surface area contributed by atoms with Crippen LogP contribution in [0.5, 0.6) is 5.75 Å². The number of hydrogen-bond donors (Lipinski definition) is 1. The van der Waals surface area contributed by atoms with Crippen molar-refractivity contribution in [3.8, 4) is 23.1 Å². The van der Waals surface area contributed by atoms with Crippen molar-refractivity contribution in [2.75, 3.05) is 0 Å². The highest BCUT2D eigenvalue weighted by molar-refractivity contribution is 5.59. The first-order valence-corrected chi connectivity index (χ1v) is 4.54. The van der Waals surface area contributed by atoms with E-state index in [-0.39, 0.29) is 11.5 Å². The van der Waals surface area contributed by atoms with E-state index in [1.165, 1.54) is 6.07 Å². The second-order valence-electron chi connectivity index (χ2n) is 3.19. The molecule has 0 saturated heterocycles. The normalized spacial score (nSPS) is 9.69. The maximum absolute atomic E-state index is 11.0. The van der Waals surface area contributed by atoms with Crippen molar-refractivity contribution in [1.29, 1.82) is 5.26 Å². The van der Waals surface area contributed by atoms with Crippen LogP contribution in [0.3, 0.4) is 0 Å². The lowest BCUT2D eigenvalue weighted by molar-refractivity contribution is 0.453. The zero-order chi connectivity index (χ0) is 11.5. The van der Waals surface area contributed by atoms with Crippen LogP contribution in [0, 0.1) is 11.3 Å². The molecular weight excluding hydrogens is 206 g/mol. The van der Waals surface area contributed by atoms with Gasteiger partial charge in [0.15, 0.2) is 0 Å². The van der Waals surface area contributed by atoms with Gasteiger partial charge < -0.3 is 9.52 Å². The fourth-order valence-corrected chi connectivity index (χ4v) is 1.32. The highest BCUT2D eigenvalue weighted by atomic mass is 16.4. The van der Waals surface area contributed by atoms with Gasteiger partial charge in [-0.2, -0.15) is 5.26 Å². The minimum Gasteiger partial charge on any atom is -0.508 e. The Balaban J connectivity index is 2.51. The molecule has 0 saturated carbocycles. The van der Waals surface area contributed by atoms with Crippen LogP contribution in [0.2, 0.25) is 0 Å². The van der Waals surface area contributed by atoms with Gasteiger partial charge in [0, 0.05) is 11.6 Å². The molecule has 1 aromatic heterocycles. The Bertz CT molecular complexity index is 605. The monoisotopic (exact) mass is 213 g/mol. The Morgan fingerprint density at radius 2 is 1.88 bits per heavy atom. The molecule has 0 radical (unpaired) electrons. The number of hydrogen-bond acceptors (Lipinski definition) is 4. The van der Waals surface area contributed by atoms with E-state index in [9.17, 15) is 9.90 Å². The van der Waals surface area contributed by atoms with Crippen LogP contribution < -0.4 is 5.63 Å². The number of rotatable bonds is 1. The summed E-state index contributed by atoms with van der Waals surface area (Å²) in [7, 11) is 0.